The second kappa shape index (κ2) is 3.77. The van der Waals surface area contributed by atoms with E-state index in [9.17, 15) is 0 Å². The molecule has 0 fully saturated rings. The van der Waals surface area contributed by atoms with Crippen molar-refractivity contribution in [2.75, 3.05) is 7.11 Å². The predicted molar refractivity (Wildman–Crippen MR) is 71.4 cm³/mol. The van der Waals surface area contributed by atoms with Crippen LogP contribution in [0.3, 0.4) is 0 Å². The first kappa shape index (κ1) is 12.0. The van der Waals surface area contributed by atoms with Crippen molar-refractivity contribution in [3.63, 3.8) is 0 Å². The summed E-state index contributed by atoms with van der Waals surface area (Å²) in [4.78, 5) is 0. The maximum Gasteiger partial charge on any atom is 0.143 e. The Balaban J connectivity index is 2.91. The van der Waals surface area contributed by atoms with Crippen molar-refractivity contribution in [3.05, 3.63) is 29.5 Å². The third-order valence-corrected chi connectivity index (χ3v) is 3.21. The van der Waals surface area contributed by atoms with Gasteiger partial charge in [0.25, 0.3) is 0 Å². The zero-order chi connectivity index (χ0) is 12.8. The fourth-order valence-corrected chi connectivity index (χ4v) is 2.34. The summed E-state index contributed by atoms with van der Waals surface area (Å²) in [6.45, 7) is 6.17. The molecule has 0 aliphatic rings. The molecular formula is C14H20N2O. The average Bonchev–Trinajstić information content (AvgIpc) is 2.58. The molecule has 0 aliphatic heterocycles. The highest BCUT2D eigenvalue weighted by Gasteiger charge is 2.22. The van der Waals surface area contributed by atoms with Gasteiger partial charge < -0.3 is 15.0 Å². The van der Waals surface area contributed by atoms with Gasteiger partial charge in [0, 0.05) is 24.2 Å². The van der Waals surface area contributed by atoms with E-state index in [0.717, 1.165) is 16.8 Å². The van der Waals surface area contributed by atoms with Gasteiger partial charge in [-0.25, -0.2) is 0 Å². The highest BCUT2D eigenvalue weighted by atomic mass is 16.5. The summed E-state index contributed by atoms with van der Waals surface area (Å²) in [5, 5.41) is 1.21. The molecule has 0 saturated carbocycles. The van der Waals surface area contributed by atoms with E-state index in [1.54, 1.807) is 7.11 Å². The van der Waals surface area contributed by atoms with Gasteiger partial charge in [-0.2, -0.15) is 0 Å². The Morgan fingerprint density at radius 3 is 2.47 bits per heavy atom. The molecule has 0 spiro atoms. The van der Waals surface area contributed by atoms with E-state index in [0.29, 0.717) is 0 Å². The quantitative estimate of drug-likeness (QED) is 0.864. The average molecular weight is 232 g/mol. The second-order valence-corrected chi connectivity index (χ2v) is 5.18. The number of nitrogens with two attached hydrogens (primary N) is 1. The summed E-state index contributed by atoms with van der Waals surface area (Å²) in [6, 6.07) is 4.08. The van der Waals surface area contributed by atoms with E-state index in [1.165, 1.54) is 10.9 Å². The lowest BCUT2D eigenvalue weighted by molar-refractivity contribution is 0.418. The Labute approximate surface area is 102 Å². The Morgan fingerprint density at radius 1 is 1.29 bits per heavy atom. The van der Waals surface area contributed by atoms with Crippen molar-refractivity contribution < 1.29 is 4.74 Å². The van der Waals surface area contributed by atoms with Crippen LogP contribution in [0.4, 0.5) is 0 Å². The number of nitrogens with zero attached hydrogens (tertiary/aromatic N) is 1. The highest BCUT2D eigenvalue weighted by molar-refractivity contribution is 5.92. The number of ether oxygens (including phenoxy) is 1. The monoisotopic (exact) mass is 232 g/mol. The van der Waals surface area contributed by atoms with Crippen molar-refractivity contribution in [1.29, 1.82) is 0 Å². The van der Waals surface area contributed by atoms with E-state index in [1.807, 2.05) is 27.0 Å². The van der Waals surface area contributed by atoms with Crippen LogP contribution in [-0.4, -0.2) is 11.7 Å². The Kier molecular flexibility index (Phi) is 2.66. The van der Waals surface area contributed by atoms with Crippen LogP contribution in [0.1, 0.15) is 25.0 Å². The smallest absolute Gasteiger partial charge is 0.143 e. The first-order chi connectivity index (χ1) is 7.86. The predicted octanol–water partition coefficient (Wildman–Crippen LogP) is 2.69. The van der Waals surface area contributed by atoms with E-state index < -0.39 is 0 Å². The molecular weight excluding hydrogens is 212 g/mol. The van der Waals surface area contributed by atoms with Gasteiger partial charge in [-0.3, -0.25) is 0 Å². The van der Waals surface area contributed by atoms with Gasteiger partial charge in [-0.15, -0.1) is 0 Å². The second-order valence-electron chi connectivity index (χ2n) is 5.18. The molecule has 92 valence electrons. The summed E-state index contributed by atoms with van der Waals surface area (Å²) >= 11 is 0. The molecule has 0 radical (unpaired) electrons. The molecule has 1 aromatic heterocycles. The minimum absolute atomic E-state index is 0.351. The van der Waals surface area contributed by atoms with Crippen LogP contribution in [0, 0.1) is 6.92 Å². The molecule has 0 aliphatic carbocycles. The SMILES string of the molecule is COc1ccc(C)c2c(C(C)(C)N)cn(C)c12. The fraction of sp³-hybridized carbons (Fsp3) is 0.429. The lowest BCUT2D eigenvalue weighted by Gasteiger charge is -2.18. The molecule has 0 saturated heterocycles. The number of rotatable bonds is 2. The van der Waals surface area contributed by atoms with Gasteiger partial charge in [0.05, 0.1) is 12.6 Å². The number of benzene rings is 1. The minimum atomic E-state index is -0.351. The summed E-state index contributed by atoms with van der Waals surface area (Å²) in [6.07, 6.45) is 2.10. The van der Waals surface area contributed by atoms with Crippen LogP contribution in [0.15, 0.2) is 18.3 Å². The Morgan fingerprint density at radius 2 is 1.94 bits per heavy atom. The third kappa shape index (κ3) is 1.80. The van der Waals surface area contributed by atoms with Crippen LogP contribution in [-0.2, 0) is 12.6 Å². The largest absolute Gasteiger partial charge is 0.495 e. The lowest BCUT2D eigenvalue weighted by Crippen LogP contribution is -2.28. The number of aryl methyl sites for hydroxylation is 2. The molecule has 17 heavy (non-hydrogen) atoms. The zero-order valence-electron chi connectivity index (χ0n) is 11.2. The number of fused-ring (bicyclic) bond motifs is 1. The number of hydrogen-bond acceptors (Lipinski definition) is 2. The Hall–Kier alpha value is -1.48. The summed E-state index contributed by atoms with van der Waals surface area (Å²) < 4.78 is 7.52. The fourth-order valence-electron chi connectivity index (χ4n) is 2.34. The van der Waals surface area contributed by atoms with Crippen molar-refractivity contribution in [2.24, 2.45) is 12.8 Å². The van der Waals surface area contributed by atoms with Gasteiger partial charge in [0.1, 0.15) is 5.75 Å². The normalized spacial score (nSPS) is 12.1. The molecule has 2 aromatic rings. The van der Waals surface area contributed by atoms with Crippen molar-refractivity contribution >= 4 is 10.9 Å². The molecule has 1 aromatic carbocycles. The Bertz CT molecular complexity index is 562. The molecule has 0 amide bonds. The minimum Gasteiger partial charge on any atom is -0.495 e. The third-order valence-electron chi connectivity index (χ3n) is 3.21. The van der Waals surface area contributed by atoms with Crippen LogP contribution >= 0.6 is 0 Å². The zero-order valence-corrected chi connectivity index (χ0v) is 11.2. The van der Waals surface area contributed by atoms with Gasteiger partial charge >= 0.3 is 0 Å². The topological polar surface area (TPSA) is 40.2 Å². The molecule has 3 nitrogen and oxygen atoms in total. The van der Waals surface area contributed by atoms with Gasteiger partial charge in [-0.1, -0.05) is 6.07 Å². The van der Waals surface area contributed by atoms with Crippen molar-refractivity contribution in [3.8, 4) is 5.75 Å². The molecule has 2 N–H and O–H groups in total. The van der Waals surface area contributed by atoms with Crippen molar-refractivity contribution in [1.82, 2.24) is 4.57 Å². The number of aromatic nitrogens is 1. The maximum atomic E-state index is 6.24. The standard InChI is InChI=1S/C14H20N2O/c1-9-6-7-11(17-5)13-12(9)10(8-16(13)4)14(2,3)15/h6-8H,15H2,1-5H3. The van der Waals surface area contributed by atoms with E-state index in [2.05, 4.69) is 23.8 Å². The van der Waals surface area contributed by atoms with Crippen LogP contribution in [0.25, 0.3) is 10.9 Å². The number of hydrogen-bond donors (Lipinski definition) is 1. The lowest BCUT2D eigenvalue weighted by atomic mass is 9.93. The van der Waals surface area contributed by atoms with Crippen molar-refractivity contribution in [2.45, 2.75) is 26.3 Å². The van der Waals surface area contributed by atoms with Crippen LogP contribution < -0.4 is 10.5 Å². The first-order valence-corrected chi connectivity index (χ1v) is 5.78. The van der Waals surface area contributed by atoms with Gasteiger partial charge in [0.15, 0.2) is 0 Å². The number of methoxy groups -OCH3 is 1. The molecule has 3 heteroatoms. The van der Waals surface area contributed by atoms with Crippen LogP contribution in [0.5, 0.6) is 5.75 Å². The molecule has 0 unspecified atom stereocenters. The molecule has 2 rings (SSSR count). The summed E-state index contributed by atoms with van der Waals surface area (Å²) in [5.74, 6) is 0.892. The van der Waals surface area contributed by atoms with E-state index >= 15 is 0 Å². The summed E-state index contributed by atoms with van der Waals surface area (Å²) in [7, 11) is 3.73. The highest BCUT2D eigenvalue weighted by Crippen LogP contribution is 2.35. The van der Waals surface area contributed by atoms with Crippen LogP contribution in [0.2, 0.25) is 0 Å². The van der Waals surface area contributed by atoms with E-state index in [-0.39, 0.29) is 5.54 Å². The van der Waals surface area contributed by atoms with E-state index in [4.69, 9.17) is 10.5 Å². The molecule has 1 heterocycles. The molecule has 0 bridgehead atoms. The maximum absolute atomic E-state index is 6.24. The van der Waals surface area contributed by atoms with Gasteiger partial charge in [-0.05, 0) is 38.0 Å². The first-order valence-electron chi connectivity index (χ1n) is 5.78. The summed E-state index contributed by atoms with van der Waals surface area (Å²) in [5.41, 5.74) is 9.39. The van der Waals surface area contributed by atoms with Gasteiger partial charge in [0.2, 0.25) is 0 Å². The molecule has 0 atom stereocenters.